The van der Waals surface area contributed by atoms with E-state index in [1.807, 2.05) is 4.90 Å². The number of hydrogen-bond acceptors (Lipinski definition) is 3. The minimum absolute atomic E-state index is 0.0758. The van der Waals surface area contributed by atoms with Gasteiger partial charge in [-0.1, -0.05) is 38.9 Å². The molecule has 1 fully saturated rings. The van der Waals surface area contributed by atoms with Gasteiger partial charge in [0.25, 0.3) is 0 Å². The number of rotatable bonds is 7. The molecule has 1 aliphatic heterocycles. The van der Waals surface area contributed by atoms with Crippen LogP contribution < -0.4 is 5.73 Å². The highest BCUT2D eigenvalue weighted by atomic mass is 32.1. The van der Waals surface area contributed by atoms with Gasteiger partial charge in [-0.05, 0) is 31.6 Å². The van der Waals surface area contributed by atoms with E-state index in [0.29, 0.717) is 11.5 Å². The Morgan fingerprint density at radius 1 is 1.40 bits per heavy atom. The molecular weight excluding hydrogens is 272 g/mol. The van der Waals surface area contributed by atoms with Gasteiger partial charge in [0.1, 0.15) is 0 Å². The Morgan fingerprint density at radius 3 is 2.45 bits per heavy atom. The molecule has 0 aromatic heterocycles. The van der Waals surface area contributed by atoms with E-state index < -0.39 is 5.41 Å². The smallest absolute Gasteiger partial charge is 0.235 e. The Labute approximate surface area is 127 Å². The van der Waals surface area contributed by atoms with Gasteiger partial charge in [0.15, 0.2) is 0 Å². The molecule has 3 N–H and O–H groups in total. The minimum Gasteiger partial charge on any atom is -0.396 e. The third kappa shape index (κ3) is 3.70. The summed E-state index contributed by atoms with van der Waals surface area (Å²) in [4.78, 5) is 15.2. The maximum absolute atomic E-state index is 13.0. The van der Waals surface area contributed by atoms with Crippen LogP contribution in [0, 0.1) is 11.3 Å². The molecule has 4 nitrogen and oxygen atoms in total. The fraction of sp³-hybridized carbons (Fsp3) is 0.867. The topological polar surface area (TPSA) is 66.6 Å². The van der Waals surface area contributed by atoms with Gasteiger partial charge >= 0.3 is 0 Å². The maximum Gasteiger partial charge on any atom is 0.235 e. The van der Waals surface area contributed by atoms with Crippen molar-refractivity contribution in [3.05, 3.63) is 0 Å². The highest BCUT2D eigenvalue weighted by Gasteiger charge is 2.43. The Bertz CT molecular complexity index is 341. The molecule has 1 heterocycles. The first-order valence-electron chi connectivity index (χ1n) is 7.72. The van der Waals surface area contributed by atoms with E-state index in [0.717, 1.165) is 45.1 Å². The van der Waals surface area contributed by atoms with E-state index in [4.69, 9.17) is 18.0 Å². The number of carbonyl (C=O) groups is 1. The number of hydrogen-bond donors (Lipinski definition) is 2. The number of thiocarbonyl (C=S) groups is 1. The van der Waals surface area contributed by atoms with E-state index in [-0.39, 0.29) is 18.4 Å². The number of likely N-dealkylation sites (tertiary alicyclic amines) is 1. The molecule has 0 aromatic rings. The lowest BCUT2D eigenvalue weighted by molar-refractivity contribution is -0.141. The van der Waals surface area contributed by atoms with Crippen molar-refractivity contribution < 1.29 is 9.90 Å². The summed E-state index contributed by atoms with van der Waals surface area (Å²) in [5, 5.41) is 9.32. The molecule has 1 rings (SSSR count). The Kier molecular flexibility index (Phi) is 6.89. The van der Waals surface area contributed by atoms with Crippen molar-refractivity contribution in [1.82, 2.24) is 4.90 Å². The quantitative estimate of drug-likeness (QED) is 0.707. The highest BCUT2D eigenvalue weighted by molar-refractivity contribution is 7.80. The van der Waals surface area contributed by atoms with Crippen molar-refractivity contribution in [1.29, 1.82) is 0 Å². The number of nitrogens with zero attached hydrogens (tertiary/aromatic N) is 1. The first-order valence-corrected chi connectivity index (χ1v) is 8.12. The fourth-order valence-electron chi connectivity index (χ4n) is 3.25. The summed E-state index contributed by atoms with van der Waals surface area (Å²) >= 11 is 5.24. The van der Waals surface area contributed by atoms with E-state index in [2.05, 4.69) is 13.8 Å². The number of aliphatic hydroxyl groups excluding tert-OH is 1. The lowest BCUT2D eigenvalue weighted by atomic mass is 9.77. The summed E-state index contributed by atoms with van der Waals surface area (Å²) in [6.07, 6.45) is 5.15. The van der Waals surface area contributed by atoms with E-state index in [1.165, 1.54) is 0 Å². The third-order valence-corrected chi connectivity index (χ3v) is 4.69. The monoisotopic (exact) mass is 300 g/mol. The van der Waals surface area contributed by atoms with Crippen LogP contribution in [0.15, 0.2) is 0 Å². The number of aliphatic hydroxyl groups is 1. The van der Waals surface area contributed by atoms with Gasteiger partial charge in [-0.3, -0.25) is 4.79 Å². The van der Waals surface area contributed by atoms with Crippen LogP contribution >= 0.6 is 12.2 Å². The summed E-state index contributed by atoms with van der Waals surface area (Å²) < 4.78 is 0. The second kappa shape index (κ2) is 7.93. The van der Waals surface area contributed by atoms with Gasteiger partial charge in [-0.15, -0.1) is 0 Å². The summed E-state index contributed by atoms with van der Waals surface area (Å²) in [7, 11) is 0. The normalized spacial score (nSPS) is 19.9. The van der Waals surface area contributed by atoms with Crippen molar-refractivity contribution >= 4 is 23.1 Å². The number of amides is 1. The van der Waals surface area contributed by atoms with Gasteiger partial charge in [-0.2, -0.15) is 0 Å². The summed E-state index contributed by atoms with van der Waals surface area (Å²) in [5.41, 5.74) is 5.27. The largest absolute Gasteiger partial charge is 0.396 e. The highest BCUT2D eigenvalue weighted by Crippen LogP contribution is 2.34. The van der Waals surface area contributed by atoms with Crippen LogP contribution in [0.25, 0.3) is 0 Å². The lowest BCUT2D eigenvalue weighted by Crippen LogP contribution is -2.53. The van der Waals surface area contributed by atoms with Crippen molar-refractivity contribution in [3.8, 4) is 0 Å². The molecule has 0 radical (unpaired) electrons. The zero-order chi connectivity index (χ0) is 15.2. The molecule has 1 unspecified atom stereocenters. The van der Waals surface area contributed by atoms with Gasteiger partial charge in [-0.25, -0.2) is 0 Å². The molecule has 1 amide bonds. The SMILES string of the molecule is CCCC(CCC)(C(=O)N1CCCC(CO)C1)C(N)=S. The molecule has 1 saturated heterocycles. The minimum atomic E-state index is -0.684. The number of piperidine rings is 1. The predicted molar refractivity (Wildman–Crippen MR) is 85.4 cm³/mol. The average Bonchev–Trinajstić information content (AvgIpc) is 2.46. The number of carbonyl (C=O) groups excluding carboxylic acids is 1. The van der Waals surface area contributed by atoms with Gasteiger partial charge in [0.05, 0.1) is 10.4 Å². The van der Waals surface area contributed by atoms with Crippen molar-refractivity contribution in [2.75, 3.05) is 19.7 Å². The summed E-state index contributed by atoms with van der Waals surface area (Å²) in [5.74, 6) is 0.270. The number of nitrogens with two attached hydrogens (primary N) is 1. The molecule has 1 aliphatic rings. The molecular formula is C15H28N2O2S. The average molecular weight is 300 g/mol. The Morgan fingerprint density at radius 2 is 2.00 bits per heavy atom. The molecule has 0 aliphatic carbocycles. The molecule has 5 heteroatoms. The Balaban J connectivity index is 2.94. The summed E-state index contributed by atoms with van der Waals surface area (Å²) in [6.45, 7) is 5.65. The molecule has 0 spiro atoms. The zero-order valence-corrected chi connectivity index (χ0v) is 13.5. The predicted octanol–water partition coefficient (Wildman–Crippen LogP) is 2.09. The van der Waals surface area contributed by atoms with Crippen LogP contribution in [0.3, 0.4) is 0 Å². The van der Waals surface area contributed by atoms with Crippen LogP contribution in [-0.4, -0.2) is 40.6 Å². The van der Waals surface area contributed by atoms with Crippen LogP contribution in [0.5, 0.6) is 0 Å². The van der Waals surface area contributed by atoms with E-state index in [9.17, 15) is 9.90 Å². The molecule has 20 heavy (non-hydrogen) atoms. The van der Waals surface area contributed by atoms with Crippen molar-refractivity contribution in [2.45, 2.75) is 52.4 Å². The molecule has 1 atom stereocenters. The zero-order valence-electron chi connectivity index (χ0n) is 12.7. The van der Waals surface area contributed by atoms with E-state index in [1.54, 1.807) is 0 Å². The van der Waals surface area contributed by atoms with Crippen molar-refractivity contribution in [2.24, 2.45) is 17.1 Å². The maximum atomic E-state index is 13.0. The molecule has 0 aromatic carbocycles. The first kappa shape index (κ1) is 17.4. The van der Waals surface area contributed by atoms with Gasteiger partial charge < -0.3 is 15.7 Å². The van der Waals surface area contributed by atoms with Gasteiger partial charge in [0, 0.05) is 19.7 Å². The second-order valence-corrected chi connectivity index (χ2v) is 6.33. The third-order valence-electron chi connectivity index (χ3n) is 4.30. The Hall–Kier alpha value is -0.680. The lowest BCUT2D eigenvalue weighted by Gasteiger charge is -2.40. The van der Waals surface area contributed by atoms with Gasteiger partial charge in [0.2, 0.25) is 5.91 Å². The van der Waals surface area contributed by atoms with Crippen molar-refractivity contribution in [3.63, 3.8) is 0 Å². The molecule has 116 valence electrons. The molecule has 0 bridgehead atoms. The second-order valence-electron chi connectivity index (χ2n) is 5.89. The van der Waals surface area contributed by atoms with Crippen LogP contribution in [-0.2, 0) is 4.79 Å². The van der Waals surface area contributed by atoms with Crippen LogP contribution in [0.4, 0.5) is 0 Å². The van der Waals surface area contributed by atoms with Crippen LogP contribution in [0.1, 0.15) is 52.4 Å². The standard InChI is InChI=1S/C15H28N2O2S/c1-3-7-15(8-4-2,13(16)20)14(19)17-9-5-6-12(10-17)11-18/h12,18H,3-11H2,1-2H3,(H2,16,20). The van der Waals surface area contributed by atoms with Crippen LogP contribution in [0.2, 0.25) is 0 Å². The summed E-state index contributed by atoms with van der Waals surface area (Å²) in [6, 6.07) is 0. The van der Waals surface area contributed by atoms with E-state index >= 15 is 0 Å². The first-order chi connectivity index (χ1) is 9.51. The fourth-order valence-corrected chi connectivity index (χ4v) is 3.54. The molecule has 0 saturated carbocycles.